The van der Waals surface area contributed by atoms with E-state index in [9.17, 15) is 9.59 Å². The summed E-state index contributed by atoms with van der Waals surface area (Å²) in [6.07, 6.45) is 11.0. The number of carboxylic acid groups (broad SMARTS) is 1. The van der Waals surface area contributed by atoms with Crippen LogP contribution in [0.25, 0.3) is 0 Å². The fourth-order valence-corrected chi connectivity index (χ4v) is 1.17. The maximum Gasteiger partial charge on any atom is 0.303 e. The molecule has 0 aliphatic carbocycles. The number of carbonyl (C=O) groups is 2. The summed E-state index contributed by atoms with van der Waals surface area (Å²) in [5.41, 5.74) is 0. The Morgan fingerprint density at radius 1 is 1.06 bits per heavy atom. The summed E-state index contributed by atoms with van der Waals surface area (Å²) < 4.78 is 0. The van der Waals surface area contributed by atoms with Gasteiger partial charge < -0.3 is 10.2 Å². The van der Waals surface area contributed by atoms with Crippen LogP contribution in [0.2, 0.25) is 0 Å². The van der Waals surface area contributed by atoms with E-state index in [2.05, 4.69) is 0 Å². The topological polar surface area (TPSA) is 74.6 Å². The van der Waals surface area contributed by atoms with Crippen LogP contribution in [0.15, 0.2) is 36.5 Å². The highest BCUT2D eigenvalue weighted by Crippen LogP contribution is 2.01. The second-order valence-corrected chi connectivity index (χ2v) is 3.94. The highest BCUT2D eigenvalue weighted by Gasteiger charge is 1.99. The lowest BCUT2D eigenvalue weighted by Crippen LogP contribution is -1.96. The molecule has 18 heavy (non-hydrogen) atoms. The standard InChI is InChI=1S/C14H20O4/c1-12(15)8-4-2-3-5-9-13(16)10-6-7-11-14(17)18/h2-5,8-9,12,15H,6-7,10-11H2,1H3,(H,17,18). The van der Waals surface area contributed by atoms with Gasteiger partial charge in [-0.15, -0.1) is 0 Å². The Morgan fingerprint density at radius 2 is 1.67 bits per heavy atom. The number of allylic oxidation sites excluding steroid dienone is 5. The van der Waals surface area contributed by atoms with Crippen molar-refractivity contribution in [3.05, 3.63) is 36.5 Å². The van der Waals surface area contributed by atoms with Gasteiger partial charge >= 0.3 is 5.97 Å². The van der Waals surface area contributed by atoms with Gasteiger partial charge in [0.15, 0.2) is 5.78 Å². The molecule has 0 saturated carbocycles. The number of aliphatic carboxylic acids is 1. The molecule has 0 bridgehead atoms. The quantitative estimate of drug-likeness (QED) is 0.375. The Morgan fingerprint density at radius 3 is 2.28 bits per heavy atom. The number of aliphatic hydroxyl groups is 1. The molecule has 100 valence electrons. The van der Waals surface area contributed by atoms with Crippen LogP contribution < -0.4 is 0 Å². The molecule has 0 radical (unpaired) electrons. The van der Waals surface area contributed by atoms with Crippen LogP contribution in [0.5, 0.6) is 0 Å². The molecule has 4 nitrogen and oxygen atoms in total. The van der Waals surface area contributed by atoms with Gasteiger partial charge in [0.1, 0.15) is 0 Å². The van der Waals surface area contributed by atoms with Gasteiger partial charge in [0.05, 0.1) is 6.10 Å². The molecule has 0 aliphatic heterocycles. The van der Waals surface area contributed by atoms with Crippen molar-refractivity contribution >= 4 is 11.8 Å². The van der Waals surface area contributed by atoms with E-state index in [1.807, 2.05) is 0 Å². The molecular formula is C14H20O4. The minimum absolute atomic E-state index is 0.00968. The van der Waals surface area contributed by atoms with Gasteiger partial charge in [0.2, 0.25) is 0 Å². The molecule has 0 aliphatic rings. The average Bonchev–Trinajstić information content (AvgIpc) is 2.28. The van der Waals surface area contributed by atoms with Crippen LogP contribution in [-0.4, -0.2) is 28.1 Å². The number of carboxylic acids is 1. The molecule has 0 aromatic carbocycles. The van der Waals surface area contributed by atoms with Crippen molar-refractivity contribution in [3.8, 4) is 0 Å². The number of aliphatic hydroxyl groups excluding tert-OH is 1. The summed E-state index contributed by atoms with van der Waals surface area (Å²) in [4.78, 5) is 21.5. The minimum Gasteiger partial charge on any atom is -0.481 e. The van der Waals surface area contributed by atoms with E-state index in [0.717, 1.165) is 0 Å². The maximum absolute atomic E-state index is 11.3. The summed E-state index contributed by atoms with van der Waals surface area (Å²) in [5.74, 6) is -0.838. The summed E-state index contributed by atoms with van der Waals surface area (Å²) in [6, 6.07) is 0. The van der Waals surface area contributed by atoms with E-state index in [0.29, 0.717) is 19.3 Å². The number of hydrogen-bond acceptors (Lipinski definition) is 3. The van der Waals surface area contributed by atoms with Crippen molar-refractivity contribution in [2.75, 3.05) is 0 Å². The van der Waals surface area contributed by atoms with E-state index >= 15 is 0 Å². The van der Waals surface area contributed by atoms with Crippen LogP contribution in [-0.2, 0) is 9.59 Å². The fraction of sp³-hybridized carbons (Fsp3) is 0.429. The zero-order valence-electron chi connectivity index (χ0n) is 10.6. The lowest BCUT2D eigenvalue weighted by Gasteiger charge is -1.94. The number of rotatable bonds is 9. The van der Waals surface area contributed by atoms with Crippen LogP contribution in [0.3, 0.4) is 0 Å². The third-order valence-corrected chi connectivity index (χ3v) is 2.07. The van der Waals surface area contributed by atoms with Gasteiger partial charge in [-0.1, -0.05) is 30.4 Å². The Labute approximate surface area is 107 Å². The molecule has 2 N–H and O–H groups in total. The van der Waals surface area contributed by atoms with Gasteiger partial charge in [-0.2, -0.15) is 0 Å². The Kier molecular flexibility index (Phi) is 9.50. The molecule has 1 atom stereocenters. The normalized spacial score (nSPS) is 13.7. The van der Waals surface area contributed by atoms with E-state index in [-0.39, 0.29) is 12.2 Å². The Balaban J connectivity index is 3.71. The SMILES string of the molecule is CC(O)C=CC=CC=CC(=O)CCCCC(=O)O. The van der Waals surface area contributed by atoms with Crippen molar-refractivity contribution < 1.29 is 19.8 Å². The third-order valence-electron chi connectivity index (χ3n) is 2.07. The van der Waals surface area contributed by atoms with Crippen LogP contribution >= 0.6 is 0 Å². The van der Waals surface area contributed by atoms with Gasteiger partial charge in [-0.3, -0.25) is 9.59 Å². The van der Waals surface area contributed by atoms with Crippen molar-refractivity contribution in [1.82, 2.24) is 0 Å². The first-order chi connectivity index (χ1) is 8.52. The molecule has 0 rings (SSSR count). The molecule has 0 aromatic rings. The second-order valence-electron chi connectivity index (χ2n) is 3.94. The number of hydrogen-bond donors (Lipinski definition) is 2. The van der Waals surface area contributed by atoms with Gasteiger partial charge in [-0.25, -0.2) is 0 Å². The molecular weight excluding hydrogens is 232 g/mol. The van der Waals surface area contributed by atoms with Crippen LogP contribution in [0.1, 0.15) is 32.6 Å². The zero-order chi connectivity index (χ0) is 13.8. The van der Waals surface area contributed by atoms with Crippen molar-refractivity contribution in [2.24, 2.45) is 0 Å². The molecule has 0 fully saturated rings. The summed E-state index contributed by atoms with van der Waals surface area (Å²) in [7, 11) is 0. The second kappa shape index (κ2) is 10.5. The smallest absolute Gasteiger partial charge is 0.303 e. The largest absolute Gasteiger partial charge is 0.481 e. The number of unbranched alkanes of at least 4 members (excludes halogenated alkanes) is 1. The fourth-order valence-electron chi connectivity index (χ4n) is 1.17. The lowest BCUT2D eigenvalue weighted by molar-refractivity contribution is -0.137. The van der Waals surface area contributed by atoms with E-state index in [1.54, 1.807) is 37.3 Å². The highest BCUT2D eigenvalue weighted by atomic mass is 16.4. The van der Waals surface area contributed by atoms with Crippen LogP contribution in [0, 0.1) is 0 Å². The van der Waals surface area contributed by atoms with E-state index < -0.39 is 12.1 Å². The van der Waals surface area contributed by atoms with Gasteiger partial charge in [0, 0.05) is 12.8 Å². The summed E-state index contributed by atoms with van der Waals surface area (Å²) >= 11 is 0. The van der Waals surface area contributed by atoms with Crippen molar-refractivity contribution in [3.63, 3.8) is 0 Å². The van der Waals surface area contributed by atoms with Gasteiger partial charge in [0.25, 0.3) is 0 Å². The molecule has 1 unspecified atom stereocenters. The Hall–Kier alpha value is -1.68. The zero-order valence-corrected chi connectivity index (χ0v) is 10.6. The van der Waals surface area contributed by atoms with Gasteiger partial charge in [-0.05, 0) is 25.8 Å². The molecule has 0 aromatic heterocycles. The monoisotopic (exact) mass is 252 g/mol. The Bertz CT molecular complexity index is 338. The first kappa shape index (κ1) is 16.3. The number of ketones is 1. The maximum atomic E-state index is 11.3. The number of carbonyl (C=O) groups excluding carboxylic acids is 1. The van der Waals surface area contributed by atoms with Crippen molar-refractivity contribution in [2.45, 2.75) is 38.7 Å². The predicted octanol–water partition coefficient (Wildman–Crippen LogP) is 2.25. The predicted molar refractivity (Wildman–Crippen MR) is 70.2 cm³/mol. The third kappa shape index (κ3) is 12.4. The summed E-state index contributed by atoms with van der Waals surface area (Å²) in [6.45, 7) is 1.65. The first-order valence-corrected chi connectivity index (χ1v) is 5.96. The first-order valence-electron chi connectivity index (χ1n) is 5.96. The molecule has 4 heteroatoms. The minimum atomic E-state index is -0.828. The molecule has 0 amide bonds. The van der Waals surface area contributed by atoms with Crippen molar-refractivity contribution in [1.29, 1.82) is 0 Å². The average molecular weight is 252 g/mol. The molecule has 0 heterocycles. The molecule has 0 saturated heterocycles. The lowest BCUT2D eigenvalue weighted by atomic mass is 10.1. The van der Waals surface area contributed by atoms with Crippen LogP contribution in [0.4, 0.5) is 0 Å². The van der Waals surface area contributed by atoms with E-state index in [1.165, 1.54) is 6.08 Å². The molecule has 0 spiro atoms. The highest BCUT2D eigenvalue weighted by molar-refractivity contribution is 5.89. The summed E-state index contributed by atoms with van der Waals surface area (Å²) in [5, 5.41) is 17.3. The van der Waals surface area contributed by atoms with E-state index in [4.69, 9.17) is 10.2 Å².